The maximum Gasteiger partial charge on any atom is 0.309 e. The summed E-state index contributed by atoms with van der Waals surface area (Å²) in [7, 11) is 0. The van der Waals surface area contributed by atoms with Gasteiger partial charge in [-0.15, -0.1) is 0 Å². The molecule has 1 saturated heterocycles. The molecule has 0 spiro atoms. The van der Waals surface area contributed by atoms with Crippen molar-refractivity contribution in [2.24, 2.45) is 11.5 Å². The highest BCUT2D eigenvalue weighted by atomic mass is 16.2. The van der Waals surface area contributed by atoms with Gasteiger partial charge in [0, 0.05) is 19.6 Å². The van der Waals surface area contributed by atoms with Crippen LogP contribution in [0.1, 0.15) is 19.8 Å². The first kappa shape index (κ1) is 14.2. The molecule has 0 saturated carbocycles. The Kier molecular flexibility index (Phi) is 11.7. The van der Waals surface area contributed by atoms with Gasteiger partial charge in [-0.2, -0.15) is 0 Å². The minimum absolute atomic E-state index is 0.204. The number of primary amides is 2. The van der Waals surface area contributed by atoms with E-state index < -0.39 is 6.03 Å². The summed E-state index contributed by atoms with van der Waals surface area (Å²) in [5.41, 5.74) is 8.50. The summed E-state index contributed by atoms with van der Waals surface area (Å²) in [5, 5.41) is 10.2. The quantitative estimate of drug-likeness (QED) is 0.390. The smallest absolute Gasteiger partial charge is 0.309 e. The first-order valence-electron chi connectivity index (χ1n) is 3.97. The van der Waals surface area contributed by atoms with Gasteiger partial charge < -0.3 is 21.9 Å². The van der Waals surface area contributed by atoms with E-state index in [1.807, 2.05) is 0 Å². The van der Waals surface area contributed by atoms with Gasteiger partial charge in [0.25, 0.3) is 0 Å². The van der Waals surface area contributed by atoms with E-state index in [1.54, 1.807) is 6.92 Å². The molecule has 6 nitrogen and oxygen atoms in total. The molecule has 1 heterocycles. The second-order valence-electron chi connectivity index (χ2n) is 2.17. The molecule has 3 amide bonds. The Bertz CT molecular complexity index is 138. The monoisotopic (exact) mass is 191 g/mol. The van der Waals surface area contributed by atoms with Crippen molar-refractivity contribution in [3.63, 3.8) is 0 Å². The van der Waals surface area contributed by atoms with Gasteiger partial charge in [-0.1, -0.05) is 0 Å². The molecular weight excluding hydrogens is 174 g/mol. The van der Waals surface area contributed by atoms with Crippen LogP contribution >= 0.6 is 0 Å². The summed E-state index contributed by atoms with van der Waals surface area (Å²) in [6, 6.07) is -0.833. The van der Waals surface area contributed by atoms with E-state index in [2.05, 4.69) is 16.8 Å². The number of amides is 3. The van der Waals surface area contributed by atoms with Crippen LogP contribution in [0.2, 0.25) is 0 Å². The molecule has 1 aliphatic rings. The van der Waals surface area contributed by atoms with Crippen molar-refractivity contribution in [3.05, 3.63) is 0 Å². The van der Waals surface area contributed by atoms with Crippen LogP contribution in [0.15, 0.2) is 0 Å². The molecular formula is C7H17N3O3. The lowest BCUT2D eigenvalue weighted by Gasteiger charge is -1.80. The van der Waals surface area contributed by atoms with Crippen LogP contribution in [0, 0.1) is 0 Å². The lowest BCUT2D eigenvalue weighted by atomic mass is 10.4. The van der Waals surface area contributed by atoms with Crippen LogP contribution < -0.4 is 16.8 Å². The fourth-order valence-corrected chi connectivity index (χ4v) is 0.565. The molecule has 0 unspecified atom stereocenters. The Morgan fingerprint density at radius 2 is 2.00 bits per heavy atom. The van der Waals surface area contributed by atoms with Crippen molar-refractivity contribution in [3.8, 4) is 0 Å². The lowest BCUT2D eigenvalue weighted by molar-refractivity contribution is -0.119. The van der Waals surface area contributed by atoms with Crippen molar-refractivity contribution in [1.82, 2.24) is 5.32 Å². The van der Waals surface area contributed by atoms with Crippen molar-refractivity contribution >= 4 is 11.9 Å². The molecule has 1 fully saturated rings. The highest BCUT2D eigenvalue weighted by molar-refractivity contribution is 5.77. The number of aliphatic hydroxyl groups is 1. The fourth-order valence-electron chi connectivity index (χ4n) is 0.565. The Balaban J connectivity index is 0. The Morgan fingerprint density at radius 3 is 2.08 bits per heavy atom. The van der Waals surface area contributed by atoms with Crippen LogP contribution in [0.5, 0.6) is 0 Å². The maximum atomic E-state index is 10.1. The van der Waals surface area contributed by atoms with Gasteiger partial charge in [0.05, 0.1) is 0 Å². The van der Waals surface area contributed by atoms with E-state index in [9.17, 15) is 4.79 Å². The first-order valence-corrected chi connectivity index (χ1v) is 3.97. The number of hydrogen-bond acceptors (Lipinski definition) is 3. The summed E-state index contributed by atoms with van der Waals surface area (Å²) in [6.07, 6.45) is 1.76. The van der Waals surface area contributed by atoms with Crippen LogP contribution in [0.4, 0.5) is 4.79 Å². The minimum Gasteiger partial charge on any atom is -0.397 e. The third-order valence-electron chi connectivity index (χ3n) is 0.903. The van der Waals surface area contributed by atoms with Gasteiger partial charge in [0.2, 0.25) is 5.91 Å². The van der Waals surface area contributed by atoms with Gasteiger partial charge in [-0.3, -0.25) is 4.79 Å². The van der Waals surface area contributed by atoms with Crippen LogP contribution in [-0.4, -0.2) is 30.2 Å². The second-order valence-corrected chi connectivity index (χ2v) is 2.17. The molecule has 6 N–H and O–H groups in total. The maximum absolute atomic E-state index is 10.1. The normalized spacial score (nSPS) is 12.9. The van der Waals surface area contributed by atoms with Crippen molar-refractivity contribution in [2.45, 2.75) is 19.8 Å². The van der Waals surface area contributed by atoms with Crippen LogP contribution in [0.25, 0.3) is 0 Å². The van der Waals surface area contributed by atoms with Gasteiger partial charge in [-0.05, 0) is 13.3 Å². The number of aliphatic hydroxyl groups excluding tert-OH is 1. The summed E-state index contributed by atoms with van der Waals surface area (Å²) >= 11 is 0. The zero-order chi connectivity index (χ0) is 10.7. The Hall–Kier alpha value is -1.30. The molecule has 0 aromatic rings. The molecule has 0 aliphatic carbocycles. The van der Waals surface area contributed by atoms with E-state index in [0.29, 0.717) is 0 Å². The third-order valence-corrected chi connectivity index (χ3v) is 0.903. The van der Waals surface area contributed by atoms with Gasteiger partial charge in [0.15, 0.2) is 0 Å². The topological polar surface area (TPSA) is 118 Å². The molecule has 1 rings (SSSR count). The predicted octanol–water partition coefficient (Wildman–Crippen LogP) is -1.08. The molecule has 0 atom stereocenters. The SMILES string of the molecule is CCO.NC(N)=O.O=C1CCCN1. The molecule has 0 aromatic carbocycles. The first-order chi connectivity index (χ1) is 6.04. The number of rotatable bonds is 0. The Morgan fingerprint density at radius 1 is 1.62 bits per heavy atom. The lowest BCUT2D eigenvalue weighted by Crippen LogP contribution is -2.18. The molecule has 6 heteroatoms. The average Bonchev–Trinajstić information content (AvgIpc) is 2.39. The predicted molar refractivity (Wildman–Crippen MR) is 48.8 cm³/mol. The fraction of sp³-hybridized carbons (Fsp3) is 0.714. The van der Waals surface area contributed by atoms with Crippen molar-refractivity contribution in [1.29, 1.82) is 0 Å². The van der Waals surface area contributed by atoms with E-state index >= 15 is 0 Å². The van der Waals surface area contributed by atoms with Crippen LogP contribution in [-0.2, 0) is 4.79 Å². The number of nitrogens with two attached hydrogens (primary N) is 2. The Labute approximate surface area is 77.3 Å². The van der Waals surface area contributed by atoms with Crippen molar-refractivity contribution in [2.75, 3.05) is 13.2 Å². The van der Waals surface area contributed by atoms with E-state index in [1.165, 1.54) is 0 Å². The van der Waals surface area contributed by atoms with Crippen molar-refractivity contribution < 1.29 is 14.7 Å². The van der Waals surface area contributed by atoms with E-state index in [-0.39, 0.29) is 12.5 Å². The molecule has 0 radical (unpaired) electrons. The number of hydrogen-bond donors (Lipinski definition) is 4. The molecule has 0 bridgehead atoms. The summed E-state index contributed by atoms with van der Waals surface area (Å²) in [5.74, 6) is 0.204. The number of carbonyl (C=O) groups is 2. The van der Waals surface area contributed by atoms with Gasteiger partial charge in [0.1, 0.15) is 0 Å². The number of nitrogens with one attached hydrogen (secondary N) is 1. The molecule has 13 heavy (non-hydrogen) atoms. The van der Waals surface area contributed by atoms with Crippen LogP contribution in [0.3, 0.4) is 0 Å². The standard InChI is InChI=1S/C4H7NO.C2H6O.CH4N2O/c6-4-2-1-3-5-4;1-2-3;2-1(3)4/h1-3H2,(H,5,6);3H,2H2,1H3;(H4,2,3,4). The summed E-state index contributed by atoms with van der Waals surface area (Å²) in [6.45, 7) is 2.82. The summed E-state index contributed by atoms with van der Waals surface area (Å²) < 4.78 is 0. The zero-order valence-corrected chi connectivity index (χ0v) is 7.75. The largest absolute Gasteiger partial charge is 0.397 e. The molecule has 0 aromatic heterocycles. The zero-order valence-electron chi connectivity index (χ0n) is 7.75. The summed E-state index contributed by atoms with van der Waals surface area (Å²) in [4.78, 5) is 19.1. The molecule has 78 valence electrons. The highest BCUT2D eigenvalue weighted by Crippen LogP contribution is 1.93. The van der Waals surface area contributed by atoms with E-state index in [0.717, 1.165) is 19.4 Å². The second kappa shape index (κ2) is 10.7. The highest BCUT2D eigenvalue weighted by Gasteiger charge is 2.05. The molecule has 1 aliphatic heterocycles. The number of urea groups is 1. The van der Waals surface area contributed by atoms with Gasteiger partial charge in [-0.25, -0.2) is 4.79 Å². The average molecular weight is 191 g/mol. The number of carbonyl (C=O) groups excluding carboxylic acids is 2. The minimum atomic E-state index is -0.833. The van der Waals surface area contributed by atoms with Gasteiger partial charge >= 0.3 is 6.03 Å². The van der Waals surface area contributed by atoms with E-state index in [4.69, 9.17) is 9.90 Å². The third kappa shape index (κ3) is 24.9.